The van der Waals surface area contributed by atoms with Gasteiger partial charge in [-0.25, -0.2) is 0 Å². The van der Waals surface area contributed by atoms with Gasteiger partial charge in [0.05, 0.1) is 25.9 Å². The molecule has 1 aromatic carbocycles. The van der Waals surface area contributed by atoms with Crippen molar-refractivity contribution < 1.29 is 118 Å². The molecule has 0 aliphatic carbocycles. The molecular weight excluding hydrogens is 1230 g/mol. The van der Waals surface area contributed by atoms with Crippen LogP contribution in [-0.4, -0.2) is 274 Å². The number of phenolic OH excluding ortho intramolecular Hbond substituents is 1. The minimum absolute atomic E-state index is 0.0143. The largest absolute Gasteiger partial charge is 0.508 e. The minimum atomic E-state index is -1.52. The second kappa shape index (κ2) is 41.9. The highest BCUT2D eigenvalue weighted by atomic mass is 16.7. The van der Waals surface area contributed by atoms with E-state index < -0.39 is 184 Å². The van der Waals surface area contributed by atoms with E-state index in [1.807, 2.05) is 13.8 Å². The molecule has 1 aromatic rings. The Morgan fingerprint density at radius 3 is 1.23 bits per heavy atom. The van der Waals surface area contributed by atoms with Gasteiger partial charge in [-0.1, -0.05) is 38.8 Å². The first-order valence-electron chi connectivity index (χ1n) is 31.8. The summed E-state index contributed by atoms with van der Waals surface area (Å²) < 4.78 is 34.1. The number of aliphatic hydroxyl groups is 9. The number of aromatic hydroxyl groups is 1. The van der Waals surface area contributed by atoms with Gasteiger partial charge >= 0.3 is 0 Å². The summed E-state index contributed by atoms with van der Waals surface area (Å²) in [6, 6.07) is -0.873. The molecule has 33 nitrogen and oxygen atoms in total. The third kappa shape index (κ3) is 27.4. The first-order chi connectivity index (χ1) is 44.3. The zero-order valence-electron chi connectivity index (χ0n) is 53.5. The molecular formula is C60H101N9O24. The van der Waals surface area contributed by atoms with Gasteiger partial charge in [-0.3, -0.25) is 38.4 Å². The summed E-state index contributed by atoms with van der Waals surface area (Å²) in [5, 5.41) is 126. The predicted octanol–water partition coefficient (Wildman–Crippen LogP) is -5.82. The molecule has 8 amide bonds. The smallest absolute Gasteiger partial charge is 0.242 e. The summed E-state index contributed by atoms with van der Waals surface area (Å²) in [7, 11) is 0. The Bertz CT molecular complexity index is 2460. The Hall–Kier alpha value is -5.86. The highest BCUT2D eigenvalue weighted by molar-refractivity contribution is 5.91. The average molecular weight is 1330 g/mol. The number of nitrogens with one attached hydrogen (secondary N) is 9. The van der Waals surface area contributed by atoms with Gasteiger partial charge in [-0.15, -0.1) is 0 Å². The fraction of sp³-hybridized carbons (Fsp3) is 0.767. The molecule has 3 saturated heterocycles. The predicted molar refractivity (Wildman–Crippen MR) is 326 cm³/mol. The number of hydrogen-bond donors (Lipinski definition) is 19. The molecule has 3 fully saturated rings. The van der Waals surface area contributed by atoms with E-state index in [-0.39, 0.29) is 76.9 Å². The number of carbonyl (C=O) groups excluding carboxylic acids is 8. The summed E-state index contributed by atoms with van der Waals surface area (Å²) in [6.07, 6.45) is -13.5. The van der Waals surface area contributed by atoms with E-state index >= 15 is 0 Å². The van der Waals surface area contributed by atoms with Crippen molar-refractivity contribution in [3.8, 4) is 5.75 Å². The third-order valence-corrected chi connectivity index (χ3v) is 15.6. The number of phenols is 1. The van der Waals surface area contributed by atoms with Crippen molar-refractivity contribution in [1.82, 2.24) is 47.9 Å². The molecule has 19 N–H and O–H groups in total. The zero-order chi connectivity index (χ0) is 68.7. The lowest BCUT2D eigenvalue weighted by Crippen LogP contribution is -2.64. The quantitative estimate of drug-likeness (QED) is 0.0272. The van der Waals surface area contributed by atoms with E-state index in [0.717, 1.165) is 0 Å². The Kier molecular flexibility index (Phi) is 35.8. The van der Waals surface area contributed by atoms with Crippen LogP contribution in [0.3, 0.4) is 0 Å². The molecule has 0 bridgehead atoms. The Labute approximate surface area is 540 Å². The molecule has 0 spiro atoms. The van der Waals surface area contributed by atoms with Crippen molar-refractivity contribution in [2.45, 2.75) is 234 Å². The first-order valence-corrected chi connectivity index (χ1v) is 31.8. The normalized spacial score (nSPS) is 27.2. The van der Waals surface area contributed by atoms with Crippen LogP contribution in [0.5, 0.6) is 5.75 Å². The second-order valence-electron chi connectivity index (χ2n) is 23.7. The molecule has 3 aliphatic heterocycles. The van der Waals surface area contributed by atoms with E-state index in [2.05, 4.69) is 47.9 Å². The van der Waals surface area contributed by atoms with E-state index in [0.29, 0.717) is 56.9 Å². The summed E-state index contributed by atoms with van der Waals surface area (Å²) >= 11 is 0. The van der Waals surface area contributed by atoms with Gasteiger partial charge in [-0.2, -0.15) is 0 Å². The number of hydrogen-bond acceptors (Lipinski definition) is 25. The van der Waals surface area contributed by atoms with Crippen LogP contribution < -0.4 is 47.9 Å². The van der Waals surface area contributed by atoms with Crippen LogP contribution in [-0.2, 0) is 73.2 Å². The van der Waals surface area contributed by atoms with Crippen molar-refractivity contribution in [3.05, 3.63) is 29.8 Å². The molecule has 93 heavy (non-hydrogen) atoms. The number of ether oxygens (including phenoxy) is 6. The number of unbranched alkanes of at least 4 members (excludes halogenated alkanes) is 5. The van der Waals surface area contributed by atoms with Gasteiger partial charge in [0.1, 0.15) is 90.9 Å². The van der Waals surface area contributed by atoms with Crippen molar-refractivity contribution in [3.63, 3.8) is 0 Å². The van der Waals surface area contributed by atoms with Crippen molar-refractivity contribution in [2.24, 2.45) is 0 Å². The van der Waals surface area contributed by atoms with Crippen LogP contribution >= 0.6 is 0 Å². The molecule has 3 heterocycles. The van der Waals surface area contributed by atoms with E-state index in [9.17, 15) is 89.4 Å². The minimum Gasteiger partial charge on any atom is -0.508 e. The van der Waals surface area contributed by atoms with Crippen molar-refractivity contribution in [1.29, 1.82) is 0 Å². The first kappa shape index (κ1) is 79.6. The van der Waals surface area contributed by atoms with Gasteiger partial charge in [0, 0.05) is 79.1 Å². The van der Waals surface area contributed by atoms with E-state index in [4.69, 9.17) is 28.4 Å². The van der Waals surface area contributed by atoms with Crippen LogP contribution in [0, 0.1) is 0 Å². The number of rotatable bonds is 41. The van der Waals surface area contributed by atoms with Crippen molar-refractivity contribution >= 4 is 47.3 Å². The van der Waals surface area contributed by atoms with Crippen LogP contribution in [0.2, 0.25) is 0 Å². The Morgan fingerprint density at radius 1 is 0.462 bits per heavy atom. The molecule has 0 saturated carbocycles. The molecule has 3 aliphatic rings. The van der Waals surface area contributed by atoms with Crippen LogP contribution in [0.15, 0.2) is 24.3 Å². The topological polar surface area (TPSA) is 503 Å². The van der Waals surface area contributed by atoms with Crippen LogP contribution in [0.25, 0.3) is 0 Å². The van der Waals surface area contributed by atoms with Crippen LogP contribution in [0.4, 0.5) is 0 Å². The lowest BCUT2D eigenvalue weighted by molar-refractivity contribution is -0.270. The zero-order valence-corrected chi connectivity index (χ0v) is 53.5. The molecule has 4 rings (SSSR count). The number of aliphatic hydroxyl groups excluding tert-OH is 9. The Morgan fingerprint density at radius 2 is 0.828 bits per heavy atom. The van der Waals surface area contributed by atoms with E-state index in [1.54, 1.807) is 12.1 Å². The highest BCUT2D eigenvalue weighted by Crippen LogP contribution is 2.26. The third-order valence-electron chi connectivity index (χ3n) is 15.6. The number of carbonyl (C=O) groups is 8. The standard InChI is InChI=1S/C60H101N9O24/c1-32(2)64-40(28-36-14-16-37(76)17-15-36)57(87)69-39(56(86)63-24-10-13-27-90-60-48(67-35(5)75)54(84)51(81)43(31-72)93-60)19-21-45(78)68-38(55(85)62-23-9-12-26-89-59-47(66-34(4)74)53(83)50(80)42(30-71)92-59)18-20-44(77)61-22-8-6-7-11-25-88-58-46(65-33(3)73)52(82)49(79)41(29-70)91-58/h14-17,32,38-43,46-54,58-60,64,70-72,76,79-84H,6-13,18-31H2,1-5H3,(H,61,77)(H,62,85)(H,63,86)(H,65,73)(H,66,74)(H,67,75)(H,68,78)(H,69,87). The van der Waals surface area contributed by atoms with Crippen LogP contribution in [0.1, 0.15) is 117 Å². The maximum atomic E-state index is 14.1. The maximum Gasteiger partial charge on any atom is 0.242 e. The second-order valence-corrected chi connectivity index (χ2v) is 23.7. The number of benzene rings is 1. The summed E-state index contributed by atoms with van der Waals surface area (Å²) in [5.74, 6) is -4.59. The summed E-state index contributed by atoms with van der Waals surface area (Å²) in [5.41, 5.74) is 0.688. The SMILES string of the molecule is CC(=O)NC1C(OCCCCCCNC(=O)CCC(NC(=O)CCC(NC(=O)C(Cc2ccc(O)cc2)NC(C)C)C(=O)NCCCCOC2OC(CO)C(O)C(O)C2NC(C)=O)C(=O)NCCCCOC2OC(CO)C(O)C(O)C2NC(C)=O)OC(CO)C(O)C1O. The fourth-order valence-electron chi connectivity index (χ4n) is 10.6. The number of amides is 8. The molecule has 18 unspecified atom stereocenters. The molecule has 33 heteroatoms. The lowest BCUT2D eigenvalue weighted by Gasteiger charge is -2.42. The van der Waals surface area contributed by atoms with Gasteiger partial charge in [0.25, 0.3) is 0 Å². The monoisotopic (exact) mass is 1330 g/mol. The summed E-state index contributed by atoms with van der Waals surface area (Å²) in [4.78, 5) is 105. The van der Waals surface area contributed by atoms with Gasteiger partial charge < -0.3 is 127 Å². The van der Waals surface area contributed by atoms with E-state index in [1.165, 1.54) is 32.9 Å². The highest BCUT2D eigenvalue weighted by Gasteiger charge is 2.48. The lowest BCUT2D eigenvalue weighted by atomic mass is 9.97. The Balaban J connectivity index is 1.40. The summed E-state index contributed by atoms with van der Waals surface area (Å²) in [6.45, 7) is 5.87. The fourth-order valence-corrected chi connectivity index (χ4v) is 10.6. The van der Waals surface area contributed by atoms with Gasteiger partial charge in [0.15, 0.2) is 18.9 Å². The maximum absolute atomic E-state index is 14.1. The average Bonchev–Trinajstić information content (AvgIpc) is 0.884. The molecule has 530 valence electrons. The van der Waals surface area contributed by atoms with Gasteiger partial charge in [-0.05, 0) is 75.5 Å². The molecule has 18 atom stereocenters. The van der Waals surface area contributed by atoms with Crippen molar-refractivity contribution in [2.75, 3.05) is 59.3 Å². The molecule has 0 radical (unpaired) electrons. The molecule has 0 aromatic heterocycles. The van der Waals surface area contributed by atoms with Gasteiger partial charge in [0.2, 0.25) is 47.3 Å².